The minimum absolute atomic E-state index is 0.172. The van der Waals surface area contributed by atoms with Crippen LogP contribution in [0.3, 0.4) is 0 Å². The number of hydrogen-bond acceptors (Lipinski definition) is 3. The molecule has 0 saturated carbocycles. The van der Waals surface area contributed by atoms with Crippen molar-refractivity contribution in [3.8, 4) is 0 Å². The third-order valence-electron chi connectivity index (χ3n) is 2.74. The molecule has 2 aromatic rings. The average Bonchev–Trinajstić information content (AvgIpc) is 2.68. The fourth-order valence-electron chi connectivity index (χ4n) is 1.73. The predicted molar refractivity (Wildman–Crippen MR) is 70.9 cm³/mol. The molecule has 1 aromatic carbocycles. The van der Waals surface area contributed by atoms with E-state index in [1.807, 2.05) is 32.0 Å². The first kappa shape index (κ1) is 12.1. The van der Waals surface area contributed by atoms with Gasteiger partial charge >= 0.3 is 0 Å². The molecule has 3 heteroatoms. The first-order valence-electron chi connectivity index (χ1n) is 5.96. The summed E-state index contributed by atoms with van der Waals surface area (Å²) in [5.74, 6) is 0.954. The zero-order valence-electron chi connectivity index (χ0n) is 10.7. The zero-order valence-corrected chi connectivity index (χ0v) is 10.7. The SMILES string of the molecule is CC(NCC(C)(C)N)c1cc2ccccc2o1. The molecule has 0 aliphatic carbocycles. The quantitative estimate of drug-likeness (QED) is 0.852. The molecule has 3 N–H and O–H groups in total. The van der Waals surface area contributed by atoms with E-state index in [1.54, 1.807) is 0 Å². The summed E-state index contributed by atoms with van der Waals surface area (Å²) in [6, 6.07) is 10.3. The third-order valence-corrected chi connectivity index (χ3v) is 2.74. The summed E-state index contributed by atoms with van der Waals surface area (Å²) in [5.41, 5.74) is 6.67. The molecule has 0 spiro atoms. The number of fused-ring (bicyclic) bond motifs is 1. The van der Waals surface area contributed by atoms with E-state index < -0.39 is 0 Å². The van der Waals surface area contributed by atoms with Crippen LogP contribution in [-0.2, 0) is 0 Å². The molecule has 2 rings (SSSR count). The van der Waals surface area contributed by atoms with Crippen molar-refractivity contribution in [1.29, 1.82) is 0 Å². The van der Waals surface area contributed by atoms with Crippen molar-refractivity contribution in [2.45, 2.75) is 32.4 Å². The molecule has 0 aliphatic heterocycles. The van der Waals surface area contributed by atoms with Crippen LogP contribution in [0.2, 0.25) is 0 Å². The Morgan fingerprint density at radius 3 is 2.71 bits per heavy atom. The molecule has 0 saturated heterocycles. The molecular weight excluding hydrogens is 212 g/mol. The highest BCUT2D eigenvalue weighted by atomic mass is 16.3. The molecule has 1 unspecified atom stereocenters. The minimum atomic E-state index is -0.208. The lowest BCUT2D eigenvalue weighted by atomic mass is 10.1. The molecule has 0 bridgehead atoms. The Hall–Kier alpha value is -1.32. The second-order valence-corrected chi connectivity index (χ2v) is 5.28. The van der Waals surface area contributed by atoms with Crippen LogP contribution in [0.5, 0.6) is 0 Å². The summed E-state index contributed by atoms with van der Waals surface area (Å²) in [6.45, 7) is 6.85. The average molecular weight is 232 g/mol. The normalized spacial score (nSPS) is 14.1. The fraction of sp³-hybridized carbons (Fsp3) is 0.429. The highest BCUT2D eigenvalue weighted by Crippen LogP contribution is 2.23. The van der Waals surface area contributed by atoms with Crippen LogP contribution in [0.1, 0.15) is 32.6 Å². The highest BCUT2D eigenvalue weighted by Gasteiger charge is 2.15. The first-order chi connectivity index (χ1) is 7.96. The van der Waals surface area contributed by atoms with Crippen LogP contribution in [-0.4, -0.2) is 12.1 Å². The Labute approximate surface area is 102 Å². The van der Waals surface area contributed by atoms with Crippen molar-refractivity contribution in [3.63, 3.8) is 0 Å². The molecule has 3 nitrogen and oxygen atoms in total. The number of hydrogen-bond donors (Lipinski definition) is 2. The Bertz CT molecular complexity index is 463. The van der Waals surface area contributed by atoms with Gasteiger partial charge in [-0.05, 0) is 32.9 Å². The molecule has 92 valence electrons. The maximum Gasteiger partial charge on any atom is 0.134 e. The van der Waals surface area contributed by atoms with Crippen molar-refractivity contribution in [1.82, 2.24) is 5.32 Å². The van der Waals surface area contributed by atoms with Gasteiger partial charge in [-0.1, -0.05) is 18.2 Å². The second-order valence-electron chi connectivity index (χ2n) is 5.28. The van der Waals surface area contributed by atoms with Gasteiger partial charge in [-0.15, -0.1) is 0 Å². The lowest BCUT2D eigenvalue weighted by molar-refractivity contribution is 0.397. The number of nitrogens with two attached hydrogens (primary N) is 1. The van der Waals surface area contributed by atoms with E-state index in [0.717, 1.165) is 23.3 Å². The van der Waals surface area contributed by atoms with Gasteiger partial charge in [0.2, 0.25) is 0 Å². The second kappa shape index (κ2) is 4.51. The van der Waals surface area contributed by atoms with Crippen molar-refractivity contribution in [3.05, 3.63) is 36.1 Å². The zero-order chi connectivity index (χ0) is 12.5. The van der Waals surface area contributed by atoms with Gasteiger partial charge in [0.1, 0.15) is 11.3 Å². The van der Waals surface area contributed by atoms with Gasteiger partial charge in [-0.25, -0.2) is 0 Å². The smallest absolute Gasteiger partial charge is 0.134 e. The lowest BCUT2D eigenvalue weighted by Crippen LogP contribution is -2.43. The van der Waals surface area contributed by atoms with E-state index in [4.69, 9.17) is 10.2 Å². The summed E-state index contributed by atoms with van der Waals surface area (Å²) in [4.78, 5) is 0. The number of rotatable bonds is 4. The van der Waals surface area contributed by atoms with Gasteiger partial charge in [-0.3, -0.25) is 0 Å². The van der Waals surface area contributed by atoms with Crippen molar-refractivity contribution < 1.29 is 4.42 Å². The van der Waals surface area contributed by atoms with E-state index in [-0.39, 0.29) is 11.6 Å². The Morgan fingerprint density at radius 2 is 2.06 bits per heavy atom. The summed E-state index contributed by atoms with van der Waals surface area (Å²) in [5, 5.41) is 4.52. The van der Waals surface area contributed by atoms with Crippen LogP contribution < -0.4 is 11.1 Å². The standard InChI is InChI=1S/C14H20N2O/c1-10(16-9-14(2,3)15)13-8-11-6-4-5-7-12(11)17-13/h4-8,10,16H,9,15H2,1-3H3. The maximum absolute atomic E-state index is 5.94. The van der Waals surface area contributed by atoms with Crippen LogP contribution in [0.4, 0.5) is 0 Å². The maximum atomic E-state index is 5.94. The van der Waals surface area contributed by atoms with Crippen LogP contribution >= 0.6 is 0 Å². The molecule has 0 fully saturated rings. The molecular formula is C14H20N2O. The van der Waals surface area contributed by atoms with E-state index in [1.165, 1.54) is 0 Å². The Balaban J connectivity index is 2.11. The van der Waals surface area contributed by atoms with Gasteiger partial charge in [-0.2, -0.15) is 0 Å². The molecule has 1 aromatic heterocycles. The number of para-hydroxylation sites is 1. The molecule has 0 aliphatic rings. The minimum Gasteiger partial charge on any atom is -0.459 e. The summed E-state index contributed by atoms with van der Waals surface area (Å²) in [6.07, 6.45) is 0. The Morgan fingerprint density at radius 1 is 1.35 bits per heavy atom. The monoisotopic (exact) mass is 232 g/mol. The van der Waals surface area contributed by atoms with Crippen LogP contribution in [0, 0.1) is 0 Å². The Kier molecular flexibility index (Phi) is 3.22. The molecule has 1 heterocycles. The van der Waals surface area contributed by atoms with Crippen LogP contribution in [0.25, 0.3) is 11.0 Å². The predicted octanol–water partition coefficient (Wildman–Crippen LogP) is 2.82. The molecule has 0 radical (unpaired) electrons. The van der Waals surface area contributed by atoms with Crippen molar-refractivity contribution in [2.24, 2.45) is 5.73 Å². The number of furan rings is 1. The first-order valence-corrected chi connectivity index (χ1v) is 5.96. The van der Waals surface area contributed by atoms with Crippen molar-refractivity contribution >= 4 is 11.0 Å². The van der Waals surface area contributed by atoms with Gasteiger partial charge in [0.25, 0.3) is 0 Å². The van der Waals surface area contributed by atoms with Crippen LogP contribution in [0.15, 0.2) is 34.7 Å². The highest BCUT2D eigenvalue weighted by molar-refractivity contribution is 5.77. The van der Waals surface area contributed by atoms with E-state index in [9.17, 15) is 0 Å². The van der Waals surface area contributed by atoms with E-state index in [0.29, 0.717) is 0 Å². The van der Waals surface area contributed by atoms with E-state index >= 15 is 0 Å². The molecule has 17 heavy (non-hydrogen) atoms. The van der Waals surface area contributed by atoms with E-state index in [2.05, 4.69) is 24.4 Å². The van der Waals surface area contributed by atoms with Gasteiger partial charge < -0.3 is 15.5 Å². The summed E-state index contributed by atoms with van der Waals surface area (Å²) < 4.78 is 5.79. The topological polar surface area (TPSA) is 51.2 Å². The molecule has 1 atom stereocenters. The number of benzene rings is 1. The summed E-state index contributed by atoms with van der Waals surface area (Å²) >= 11 is 0. The third kappa shape index (κ3) is 3.08. The van der Waals surface area contributed by atoms with Gasteiger partial charge in [0.05, 0.1) is 6.04 Å². The lowest BCUT2D eigenvalue weighted by Gasteiger charge is -2.21. The summed E-state index contributed by atoms with van der Waals surface area (Å²) in [7, 11) is 0. The number of nitrogens with one attached hydrogen (secondary N) is 1. The van der Waals surface area contributed by atoms with Crippen molar-refractivity contribution in [2.75, 3.05) is 6.54 Å². The molecule has 0 amide bonds. The fourth-order valence-corrected chi connectivity index (χ4v) is 1.73. The van der Waals surface area contributed by atoms with Gasteiger partial charge in [0.15, 0.2) is 0 Å². The largest absolute Gasteiger partial charge is 0.459 e. The van der Waals surface area contributed by atoms with Gasteiger partial charge in [0, 0.05) is 17.5 Å².